The second-order valence-electron chi connectivity index (χ2n) is 17.3. The van der Waals surface area contributed by atoms with Crippen LogP contribution < -0.4 is 5.32 Å². The lowest BCUT2D eigenvalue weighted by Crippen LogP contribution is -2.60. The van der Waals surface area contributed by atoms with Gasteiger partial charge in [0.1, 0.15) is 24.4 Å². The van der Waals surface area contributed by atoms with Crippen LogP contribution >= 0.6 is 0 Å². The molecule has 1 aliphatic heterocycles. The molecule has 7 atom stereocenters. The first-order valence-corrected chi connectivity index (χ1v) is 24.2. The van der Waals surface area contributed by atoms with E-state index < -0.39 is 49.5 Å². The van der Waals surface area contributed by atoms with Gasteiger partial charge in [0.15, 0.2) is 6.29 Å². The summed E-state index contributed by atoms with van der Waals surface area (Å²) >= 11 is 0. The lowest BCUT2D eigenvalue weighted by atomic mass is 9.99. The monoisotopic (exact) mass is 800 g/mol. The van der Waals surface area contributed by atoms with E-state index in [-0.39, 0.29) is 12.5 Å². The van der Waals surface area contributed by atoms with Crippen LogP contribution in [0.1, 0.15) is 239 Å². The molecule has 334 valence electrons. The van der Waals surface area contributed by atoms with E-state index in [1.165, 1.54) is 173 Å². The number of hydrogen-bond acceptors (Lipinski definition) is 8. The standard InChI is InChI=1S/C47H93NO8/c1-3-5-7-9-11-13-15-17-18-19-20-21-22-23-25-26-28-30-32-34-36-41(50)40(39-55-47-46(54)45(53)44(52)42(38-49)56-47)48-43(51)37-35-33-31-29-27-24-16-14-12-10-8-6-4-2/h40-42,44-47,49-50,52-54H,3-39H2,1-2H3,(H,48,51). The summed E-state index contributed by atoms with van der Waals surface area (Å²) in [5.41, 5.74) is 0. The molecule has 1 saturated heterocycles. The maximum atomic E-state index is 13.0. The zero-order valence-electron chi connectivity index (χ0n) is 36.7. The van der Waals surface area contributed by atoms with Crippen LogP contribution in [0.3, 0.4) is 0 Å². The summed E-state index contributed by atoms with van der Waals surface area (Å²) in [6, 6.07) is -0.711. The summed E-state index contributed by atoms with van der Waals surface area (Å²) < 4.78 is 11.3. The van der Waals surface area contributed by atoms with Crippen LogP contribution in [0.4, 0.5) is 0 Å². The number of carbonyl (C=O) groups is 1. The highest BCUT2D eigenvalue weighted by atomic mass is 16.7. The Bertz CT molecular complexity index is 847. The Labute approximate surface area is 344 Å². The molecule has 0 aromatic carbocycles. The van der Waals surface area contributed by atoms with Crippen molar-refractivity contribution in [3.05, 3.63) is 0 Å². The van der Waals surface area contributed by atoms with Crippen molar-refractivity contribution in [1.82, 2.24) is 5.32 Å². The van der Waals surface area contributed by atoms with E-state index in [4.69, 9.17) is 9.47 Å². The molecule has 6 N–H and O–H groups in total. The minimum Gasteiger partial charge on any atom is -0.394 e. The first-order valence-electron chi connectivity index (χ1n) is 24.2. The fourth-order valence-electron chi connectivity index (χ4n) is 8.04. The van der Waals surface area contributed by atoms with Gasteiger partial charge in [-0.2, -0.15) is 0 Å². The number of aliphatic hydroxyl groups excluding tert-OH is 5. The van der Waals surface area contributed by atoms with E-state index in [0.717, 1.165) is 38.5 Å². The maximum Gasteiger partial charge on any atom is 0.220 e. The lowest BCUT2D eigenvalue weighted by Gasteiger charge is -2.40. The van der Waals surface area contributed by atoms with Gasteiger partial charge in [0, 0.05) is 6.42 Å². The van der Waals surface area contributed by atoms with Crippen molar-refractivity contribution < 1.29 is 39.8 Å². The van der Waals surface area contributed by atoms with Crippen molar-refractivity contribution in [1.29, 1.82) is 0 Å². The summed E-state index contributed by atoms with van der Waals surface area (Å²) in [7, 11) is 0. The third-order valence-electron chi connectivity index (χ3n) is 12.0. The Hall–Kier alpha value is -0.810. The first-order chi connectivity index (χ1) is 27.3. The first kappa shape index (κ1) is 53.2. The van der Waals surface area contributed by atoms with Crippen LogP contribution in [-0.2, 0) is 14.3 Å². The van der Waals surface area contributed by atoms with Crippen molar-refractivity contribution in [2.24, 2.45) is 0 Å². The van der Waals surface area contributed by atoms with Crippen LogP contribution in [0.2, 0.25) is 0 Å². The van der Waals surface area contributed by atoms with Gasteiger partial charge < -0.3 is 40.3 Å². The Morgan fingerprint density at radius 1 is 0.536 bits per heavy atom. The summed E-state index contributed by atoms with van der Waals surface area (Å²) in [6.45, 7) is 3.85. The van der Waals surface area contributed by atoms with E-state index in [2.05, 4.69) is 19.2 Å². The van der Waals surface area contributed by atoms with Crippen LogP contribution in [0, 0.1) is 0 Å². The summed E-state index contributed by atoms with van der Waals surface area (Å²) in [4.78, 5) is 13.0. The van der Waals surface area contributed by atoms with Gasteiger partial charge in [-0.15, -0.1) is 0 Å². The predicted octanol–water partition coefficient (Wildman–Crippen LogP) is 10.3. The molecule has 56 heavy (non-hydrogen) atoms. The third kappa shape index (κ3) is 28.6. The van der Waals surface area contributed by atoms with E-state index in [1.807, 2.05) is 0 Å². The highest BCUT2D eigenvalue weighted by molar-refractivity contribution is 5.76. The minimum absolute atomic E-state index is 0.132. The zero-order valence-corrected chi connectivity index (χ0v) is 36.7. The van der Waals surface area contributed by atoms with E-state index in [0.29, 0.717) is 12.8 Å². The molecule has 0 aromatic rings. The van der Waals surface area contributed by atoms with Crippen LogP contribution in [0.25, 0.3) is 0 Å². The van der Waals surface area contributed by atoms with E-state index in [9.17, 15) is 30.3 Å². The van der Waals surface area contributed by atoms with Gasteiger partial charge >= 0.3 is 0 Å². The number of aliphatic hydroxyl groups is 5. The molecule has 0 aromatic heterocycles. The zero-order chi connectivity index (χ0) is 40.9. The minimum atomic E-state index is -1.55. The number of nitrogens with one attached hydrogen (secondary N) is 1. The molecule has 1 amide bonds. The number of ether oxygens (including phenoxy) is 2. The van der Waals surface area contributed by atoms with Gasteiger partial charge in [-0.3, -0.25) is 4.79 Å². The van der Waals surface area contributed by atoms with Gasteiger partial charge in [0.2, 0.25) is 5.91 Å². The number of rotatable bonds is 41. The largest absolute Gasteiger partial charge is 0.394 e. The number of amides is 1. The predicted molar refractivity (Wildman–Crippen MR) is 231 cm³/mol. The molecule has 0 spiro atoms. The molecule has 9 nitrogen and oxygen atoms in total. The second kappa shape index (κ2) is 38.4. The van der Waals surface area contributed by atoms with Gasteiger partial charge in [-0.05, 0) is 12.8 Å². The van der Waals surface area contributed by atoms with Gasteiger partial charge in [0.25, 0.3) is 0 Å². The Kier molecular flexibility index (Phi) is 36.5. The summed E-state index contributed by atoms with van der Waals surface area (Å²) in [5.74, 6) is -0.141. The molecule has 9 heteroatoms. The normalized spacial score (nSPS) is 21.0. The van der Waals surface area contributed by atoms with Crippen LogP contribution in [0.15, 0.2) is 0 Å². The molecule has 1 aliphatic rings. The molecule has 1 rings (SSSR count). The third-order valence-corrected chi connectivity index (χ3v) is 12.0. The molecule has 1 fully saturated rings. The molecule has 0 bridgehead atoms. The topological polar surface area (TPSA) is 149 Å². The molecular weight excluding hydrogens is 707 g/mol. The van der Waals surface area contributed by atoms with Gasteiger partial charge in [-0.25, -0.2) is 0 Å². The molecule has 0 saturated carbocycles. The SMILES string of the molecule is CCCCCCCCCCCCCCCCCCCCCCC(O)C(COC1OC(CO)C(O)C(O)C1O)NC(=O)CCCCCCCCCCCCCCC. The van der Waals surface area contributed by atoms with E-state index >= 15 is 0 Å². The van der Waals surface area contributed by atoms with Crippen LogP contribution in [-0.4, -0.2) is 87.5 Å². The fourth-order valence-corrected chi connectivity index (χ4v) is 8.04. The van der Waals surface area contributed by atoms with Crippen molar-refractivity contribution in [2.45, 2.75) is 281 Å². The molecule has 7 unspecified atom stereocenters. The smallest absolute Gasteiger partial charge is 0.220 e. The second-order valence-corrected chi connectivity index (χ2v) is 17.3. The maximum absolute atomic E-state index is 13.0. The molecular formula is C47H93NO8. The number of hydrogen-bond donors (Lipinski definition) is 6. The fraction of sp³-hybridized carbons (Fsp3) is 0.979. The number of carbonyl (C=O) groups excluding carboxylic acids is 1. The number of unbranched alkanes of at least 4 members (excludes halogenated alkanes) is 31. The Morgan fingerprint density at radius 2 is 0.893 bits per heavy atom. The summed E-state index contributed by atoms with van der Waals surface area (Å²) in [5, 5.41) is 54.4. The Balaban J connectivity index is 2.27. The van der Waals surface area contributed by atoms with Gasteiger partial charge in [0.05, 0.1) is 25.4 Å². The average molecular weight is 800 g/mol. The van der Waals surface area contributed by atoms with Crippen molar-refractivity contribution in [2.75, 3.05) is 13.2 Å². The summed E-state index contributed by atoms with van der Waals surface area (Å²) in [6.07, 6.45) is 35.4. The van der Waals surface area contributed by atoms with Gasteiger partial charge in [-0.1, -0.05) is 219 Å². The lowest BCUT2D eigenvalue weighted by molar-refractivity contribution is -0.302. The van der Waals surface area contributed by atoms with Crippen molar-refractivity contribution in [3.8, 4) is 0 Å². The average Bonchev–Trinajstić information content (AvgIpc) is 3.20. The quantitative estimate of drug-likeness (QED) is 0.0335. The molecule has 1 heterocycles. The highest BCUT2D eigenvalue weighted by Gasteiger charge is 2.44. The van der Waals surface area contributed by atoms with Crippen molar-refractivity contribution in [3.63, 3.8) is 0 Å². The highest BCUT2D eigenvalue weighted by Crippen LogP contribution is 2.23. The van der Waals surface area contributed by atoms with E-state index in [1.54, 1.807) is 0 Å². The van der Waals surface area contributed by atoms with Crippen LogP contribution in [0.5, 0.6) is 0 Å². The Morgan fingerprint density at radius 3 is 1.27 bits per heavy atom. The van der Waals surface area contributed by atoms with Crippen molar-refractivity contribution >= 4 is 5.91 Å². The molecule has 0 aliphatic carbocycles. The molecule has 0 radical (unpaired) electrons.